The highest BCUT2D eigenvalue weighted by atomic mass is 16.2. The highest BCUT2D eigenvalue weighted by Crippen LogP contribution is 2.48. The van der Waals surface area contributed by atoms with E-state index in [1.165, 1.54) is 0 Å². The largest absolute Gasteiger partial charge is 0.399 e. The van der Waals surface area contributed by atoms with Gasteiger partial charge in [0.25, 0.3) is 0 Å². The molecule has 1 unspecified atom stereocenters. The van der Waals surface area contributed by atoms with Crippen molar-refractivity contribution in [2.45, 2.75) is 31.2 Å². The SMILES string of the molecule is CC(CN(C)C)NC(=O)C1(c2ccc(N)cc2)CC1. The zero-order chi connectivity index (χ0) is 14.0. The van der Waals surface area contributed by atoms with E-state index in [4.69, 9.17) is 5.73 Å². The minimum absolute atomic E-state index is 0.145. The summed E-state index contributed by atoms with van der Waals surface area (Å²) in [7, 11) is 4.02. The number of amides is 1. The van der Waals surface area contributed by atoms with Crippen molar-refractivity contribution in [1.29, 1.82) is 0 Å². The molecule has 0 bridgehead atoms. The van der Waals surface area contributed by atoms with E-state index in [1.54, 1.807) is 0 Å². The van der Waals surface area contributed by atoms with Crippen LogP contribution in [0.3, 0.4) is 0 Å². The lowest BCUT2D eigenvalue weighted by Gasteiger charge is -2.22. The molecular formula is C15H23N3O. The quantitative estimate of drug-likeness (QED) is 0.787. The molecule has 1 atom stereocenters. The topological polar surface area (TPSA) is 58.4 Å². The number of nitrogens with zero attached hydrogens (tertiary/aromatic N) is 1. The van der Waals surface area contributed by atoms with E-state index in [-0.39, 0.29) is 17.4 Å². The first kappa shape index (κ1) is 13.9. The third-order valence-electron chi connectivity index (χ3n) is 3.66. The van der Waals surface area contributed by atoms with E-state index in [2.05, 4.69) is 10.2 Å². The van der Waals surface area contributed by atoms with Crippen molar-refractivity contribution >= 4 is 11.6 Å². The molecule has 104 valence electrons. The number of nitrogens with two attached hydrogens (primary N) is 1. The van der Waals surface area contributed by atoms with E-state index in [0.29, 0.717) is 0 Å². The molecule has 1 aliphatic rings. The minimum atomic E-state index is -0.311. The Morgan fingerprint density at radius 3 is 2.42 bits per heavy atom. The molecule has 0 saturated heterocycles. The number of anilines is 1. The summed E-state index contributed by atoms with van der Waals surface area (Å²) in [4.78, 5) is 14.5. The monoisotopic (exact) mass is 261 g/mol. The fourth-order valence-corrected chi connectivity index (χ4v) is 2.53. The molecule has 4 heteroatoms. The van der Waals surface area contributed by atoms with Crippen LogP contribution in [0.25, 0.3) is 0 Å². The molecule has 0 heterocycles. The number of likely N-dealkylation sites (N-methyl/N-ethyl adjacent to an activating group) is 1. The summed E-state index contributed by atoms with van der Waals surface area (Å²) < 4.78 is 0. The van der Waals surface area contributed by atoms with Crippen LogP contribution < -0.4 is 11.1 Å². The maximum Gasteiger partial charge on any atom is 0.230 e. The van der Waals surface area contributed by atoms with E-state index in [0.717, 1.165) is 30.6 Å². The van der Waals surface area contributed by atoms with Gasteiger partial charge in [-0.3, -0.25) is 4.79 Å². The summed E-state index contributed by atoms with van der Waals surface area (Å²) in [5.41, 5.74) is 7.20. The van der Waals surface area contributed by atoms with E-state index < -0.39 is 0 Å². The fourth-order valence-electron chi connectivity index (χ4n) is 2.53. The third-order valence-corrected chi connectivity index (χ3v) is 3.66. The van der Waals surface area contributed by atoms with Crippen LogP contribution >= 0.6 is 0 Å². The van der Waals surface area contributed by atoms with E-state index in [1.807, 2.05) is 45.3 Å². The molecule has 0 radical (unpaired) electrons. The summed E-state index contributed by atoms with van der Waals surface area (Å²) in [5, 5.41) is 3.12. The van der Waals surface area contributed by atoms with Crippen LogP contribution in [0.1, 0.15) is 25.3 Å². The molecule has 0 aliphatic heterocycles. The molecule has 0 spiro atoms. The second kappa shape index (κ2) is 5.21. The summed E-state index contributed by atoms with van der Waals surface area (Å²) in [6.45, 7) is 2.89. The number of benzene rings is 1. The number of nitrogen functional groups attached to an aromatic ring is 1. The lowest BCUT2D eigenvalue weighted by atomic mass is 9.94. The maximum atomic E-state index is 12.4. The van der Waals surface area contributed by atoms with E-state index >= 15 is 0 Å². The van der Waals surface area contributed by atoms with Crippen LogP contribution in [0.15, 0.2) is 24.3 Å². The zero-order valence-electron chi connectivity index (χ0n) is 11.9. The predicted molar refractivity (Wildman–Crippen MR) is 77.9 cm³/mol. The average Bonchev–Trinajstić information content (AvgIpc) is 3.09. The van der Waals surface area contributed by atoms with Gasteiger partial charge >= 0.3 is 0 Å². The van der Waals surface area contributed by atoms with Crippen molar-refractivity contribution < 1.29 is 4.79 Å². The zero-order valence-corrected chi connectivity index (χ0v) is 11.9. The second-order valence-corrected chi connectivity index (χ2v) is 5.84. The van der Waals surface area contributed by atoms with Gasteiger partial charge in [0.15, 0.2) is 0 Å². The molecule has 1 saturated carbocycles. The summed E-state index contributed by atoms with van der Waals surface area (Å²) in [6.07, 6.45) is 1.86. The number of nitrogens with one attached hydrogen (secondary N) is 1. The standard InChI is InChI=1S/C15H23N3O/c1-11(10-18(2)3)17-14(19)15(8-9-15)12-4-6-13(16)7-5-12/h4-7,11H,8-10,16H2,1-3H3,(H,17,19). The third kappa shape index (κ3) is 3.07. The Labute approximate surface area is 115 Å². The van der Waals surface area contributed by atoms with Crippen molar-refractivity contribution in [3.63, 3.8) is 0 Å². The van der Waals surface area contributed by atoms with Gasteiger partial charge in [0, 0.05) is 18.3 Å². The average molecular weight is 261 g/mol. The smallest absolute Gasteiger partial charge is 0.230 e. The lowest BCUT2D eigenvalue weighted by molar-refractivity contribution is -0.124. The van der Waals surface area contributed by atoms with Gasteiger partial charge in [0.05, 0.1) is 5.41 Å². The van der Waals surface area contributed by atoms with Gasteiger partial charge in [-0.2, -0.15) is 0 Å². The normalized spacial score (nSPS) is 18.1. The minimum Gasteiger partial charge on any atom is -0.399 e. The number of carbonyl (C=O) groups excluding carboxylic acids is 1. The first-order valence-electron chi connectivity index (χ1n) is 6.76. The molecule has 1 aromatic rings. The van der Waals surface area contributed by atoms with Gasteiger partial charge in [-0.15, -0.1) is 0 Å². The Morgan fingerprint density at radius 1 is 1.37 bits per heavy atom. The summed E-state index contributed by atoms with van der Waals surface area (Å²) in [5.74, 6) is 0.145. The van der Waals surface area contributed by atoms with Crippen LogP contribution in [0.5, 0.6) is 0 Å². The van der Waals surface area contributed by atoms with Crippen LogP contribution in [0.2, 0.25) is 0 Å². The molecule has 4 nitrogen and oxygen atoms in total. The fraction of sp³-hybridized carbons (Fsp3) is 0.533. The Bertz CT molecular complexity index is 449. The van der Waals surface area contributed by atoms with Crippen molar-refractivity contribution in [2.75, 3.05) is 26.4 Å². The van der Waals surface area contributed by atoms with Crippen LogP contribution in [-0.2, 0) is 10.2 Å². The van der Waals surface area contributed by atoms with Gasteiger partial charge in [-0.25, -0.2) is 0 Å². The lowest BCUT2D eigenvalue weighted by Crippen LogP contribution is -2.44. The molecule has 0 aromatic heterocycles. The number of hydrogen-bond acceptors (Lipinski definition) is 3. The number of carbonyl (C=O) groups is 1. The van der Waals surface area contributed by atoms with Crippen molar-refractivity contribution in [1.82, 2.24) is 10.2 Å². The Balaban J connectivity index is 2.04. The highest BCUT2D eigenvalue weighted by molar-refractivity contribution is 5.91. The summed E-state index contributed by atoms with van der Waals surface area (Å²) in [6, 6.07) is 7.84. The predicted octanol–water partition coefficient (Wildman–Crippen LogP) is 1.37. The van der Waals surface area contributed by atoms with Crippen molar-refractivity contribution in [3.05, 3.63) is 29.8 Å². The maximum absolute atomic E-state index is 12.4. The molecule has 1 fully saturated rings. The van der Waals surface area contributed by atoms with Gasteiger partial charge in [-0.05, 0) is 51.6 Å². The number of hydrogen-bond donors (Lipinski definition) is 2. The van der Waals surface area contributed by atoms with Crippen molar-refractivity contribution in [3.8, 4) is 0 Å². The van der Waals surface area contributed by atoms with Gasteiger partial charge in [0.2, 0.25) is 5.91 Å². The summed E-state index contributed by atoms with van der Waals surface area (Å²) >= 11 is 0. The van der Waals surface area contributed by atoms with Crippen LogP contribution in [0.4, 0.5) is 5.69 Å². The first-order valence-corrected chi connectivity index (χ1v) is 6.76. The molecule has 2 rings (SSSR count). The van der Waals surface area contributed by atoms with Crippen molar-refractivity contribution in [2.24, 2.45) is 0 Å². The molecule has 1 aliphatic carbocycles. The van der Waals surface area contributed by atoms with Gasteiger partial charge in [0.1, 0.15) is 0 Å². The van der Waals surface area contributed by atoms with Gasteiger partial charge in [-0.1, -0.05) is 12.1 Å². The molecule has 1 amide bonds. The second-order valence-electron chi connectivity index (χ2n) is 5.84. The molecule has 3 N–H and O–H groups in total. The molecule has 1 aromatic carbocycles. The Morgan fingerprint density at radius 2 is 1.95 bits per heavy atom. The molecule has 19 heavy (non-hydrogen) atoms. The van der Waals surface area contributed by atoms with Crippen LogP contribution in [0, 0.1) is 0 Å². The Kier molecular flexibility index (Phi) is 3.80. The first-order chi connectivity index (χ1) is 8.94. The Hall–Kier alpha value is -1.55. The van der Waals surface area contributed by atoms with Crippen LogP contribution in [-0.4, -0.2) is 37.5 Å². The molecular weight excluding hydrogens is 238 g/mol. The number of rotatable bonds is 5. The van der Waals surface area contributed by atoms with Gasteiger partial charge < -0.3 is 16.0 Å². The highest BCUT2D eigenvalue weighted by Gasteiger charge is 2.51. The van der Waals surface area contributed by atoms with E-state index in [9.17, 15) is 4.79 Å².